The predicted molar refractivity (Wildman–Crippen MR) is 100 cm³/mol. The smallest absolute Gasteiger partial charge is 0.139 e. The van der Waals surface area contributed by atoms with Gasteiger partial charge < -0.3 is 0 Å². The minimum atomic E-state index is 0. The number of aromatic nitrogens is 1. The largest absolute Gasteiger partial charge is 0.299 e. The molecule has 24 heavy (non-hydrogen) atoms. The molecular weight excluding hydrogens is 318 g/mol. The Morgan fingerprint density at radius 2 is 1.33 bits per heavy atom. The van der Waals surface area contributed by atoms with Crippen molar-refractivity contribution in [2.24, 2.45) is 11.8 Å². The minimum absolute atomic E-state index is 0. The fourth-order valence-electron chi connectivity index (χ4n) is 3.68. The molecule has 0 spiro atoms. The number of ketones is 1. The van der Waals surface area contributed by atoms with Crippen LogP contribution in [-0.4, -0.2) is 10.8 Å². The number of benzene rings is 1. The summed E-state index contributed by atoms with van der Waals surface area (Å²) in [7, 11) is 0. The van der Waals surface area contributed by atoms with Crippen molar-refractivity contribution in [1.29, 1.82) is 0 Å². The van der Waals surface area contributed by atoms with Gasteiger partial charge in [-0.2, -0.15) is 0 Å². The van der Waals surface area contributed by atoms with Crippen molar-refractivity contribution in [3.63, 3.8) is 0 Å². The summed E-state index contributed by atoms with van der Waals surface area (Å²) in [5.74, 6) is 0.835. The summed E-state index contributed by atoms with van der Waals surface area (Å²) in [5, 5.41) is 0. The first-order valence-corrected chi connectivity index (χ1v) is 8.79. The number of carbonyl (C=O) groups excluding carboxylic acids is 1. The molecule has 0 radical (unpaired) electrons. The van der Waals surface area contributed by atoms with E-state index in [1.54, 1.807) is 0 Å². The highest BCUT2D eigenvalue weighted by molar-refractivity contribution is 5.85. The Hall–Kier alpha value is -1.67. The Labute approximate surface area is 151 Å². The third-order valence-corrected chi connectivity index (χ3v) is 4.97. The molecule has 1 aliphatic carbocycles. The molecular formula is C21H26ClNO. The maximum atomic E-state index is 13.1. The first kappa shape index (κ1) is 18.7. The molecule has 2 unspecified atom stereocenters. The van der Waals surface area contributed by atoms with Gasteiger partial charge in [0.15, 0.2) is 0 Å². The highest BCUT2D eigenvalue weighted by Gasteiger charge is 2.28. The number of rotatable bonds is 4. The van der Waals surface area contributed by atoms with Crippen LogP contribution in [0.25, 0.3) is 0 Å². The van der Waals surface area contributed by atoms with Crippen LogP contribution in [0.1, 0.15) is 43.2 Å². The average molecular weight is 344 g/mol. The maximum Gasteiger partial charge on any atom is 0.139 e. The van der Waals surface area contributed by atoms with Gasteiger partial charge in [-0.1, -0.05) is 49.6 Å². The highest BCUT2D eigenvalue weighted by atomic mass is 35.5. The molecule has 0 bridgehead atoms. The van der Waals surface area contributed by atoms with Gasteiger partial charge in [0, 0.05) is 24.2 Å². The second-order valence-corrected chi connectivity index (χ2v) is 6.68. The molecule has 1 aliphatic rings. The van der Waals surface area contributed by atoms with E-state index in [1.165, 1.54) is 30.4 Å². The molecule has 3 rings (SSSR count). The summed E-state index contributed by atoms with van der Waals surface area (Å²) >= 11 is 0. The molecule has 0 amide bonds. The van der Waals surface area contributed by atoms with Crippen LogP contribution >= 0.6 is 12.4 Å². The lowest BCUT2D eigenvalue weighted by atomic mass is 9.78. The number of hydrogen-bond acceptors (Lipinski definition) is 2. The van der Waals surface area contributed by atoms with Gasteiger partial charge in [-0.05, 0) is 48.9 Å². The van der Waals surface area contributed by atoms with Crippen LogP contribution in [0.3, 0.4) is 0 Å². The van der Waals surface area contributed by atoms with Crippen LogP contribution in [0.4, 0.5) is 0 Å². The zero-order valence-corrected chi connectivity index (χ0v) is 14.9. The predicted octanol–water partition coefficient (Wildman–Crippen LogP) is 5.05. The van der Waals surface area contributed by atoms with Crippen LogP contribution in [0.5, 0.6) is 0 Å². The number of Topliss-reactive ketones (excluding diaryl/α,β-unsaturated/α-hetero) is 1. The summed E-state index contributed by atoms with van der Waals surface area (Å²) < 4.78 is 0. The fraction of sp³-hybridized carbons (Fsp3) is 0.429. The molecule has 1 aromatic heterocycles. The lowest BCUT2D eigenvalue weighted by molar-refractivity contribution is -0.127. The van der Waals surface area contributed by atoms with Gasteiger partial charge in [0.25, 0.3) is 0 Å². The van der Waals surface area contributed by atoms with Gasteiger partial charge >= 0.3 is 0 Å². The Bertz CT molecular complexity index is 561. The Morgan fingerprint density at radius 1 is 0.792 bits per heavy atom. The quantitative estimate of drug-likeness (QED) is 0.777. The summed E-state index contributed by atoms with van der Waals surface area (Å²) in [6, 6.07) is 14.5. The van der Waals surface area contributed by atoms with E-state index in [4.69, 9.17) is 0 Å². The molecule has 1 aromatic carbocycles. The minimum Gasteiger partial charge on any atom is -0.299 e. The van der Waals surface area contributed by atoms with Gasteiger partial charge in [-0.15, -0.1) is 12.4 Å². The molecule has 2 nitrogen and oxygen atoms in total. The van der Waals surface area contributed by atoms with E-state index >= 15 is 0 Å². The molecule has 2 aromatic rings. The second-order valence-electron chi connectivity index (χ2n) is 6.68. The van der Waals surface area contributed by atoms with Gasteiger partial charge in [0.05, 0.1) is 0 Å². The van der Waals surface area contributed by atoms with E-state index in [0.717, 1.165) is 25.7 Å². The second kappa shape index (κ2) is 9.58. The van der Waals surface area contributed by atoms with Crippen LogP contribution < -0.4 is 0 Å². The Kier molecular flexibility index (Phi) is 7.45. The Balaban J connectivity index is 0.00000208. The molecule has 0 aliphatic heterocycles. The molecule has 0 saturated heterocycles. The number of hydrogen-bond donors (Lipinski definition) is 0. The van der Waals surface area contributed by atoms with Crippen molar-refractivity contribution in [3.8, 4) is 0 Å². The molecule has 1 heterocycles. The van der Waals surface area contributed by atoms with Gasteiger partial charge in [0.1, 0.15) is 5.78 Å². The lowest BCUT2D eigenvalue weighted by Crippen LogP contribution is -2.28. The standard InChI is InChI=1S/C21H25NO.ClH/c23-21-19(15-17-7-3-1-4-8-17)9-5-2-6-10-20(21)16-18-11-13-22-14-12-18;/h1,3-4,7-8,11-14,19-20H,2,5-6,9-10,15-16H2;1H. The van der Waals surface area contributed by atoms with Crippen LogP contribution in [0.15, 0.2) is 54.9 Å². The first-order chi connectivity index (χ1) is 11.3. The van der Waals surface area contributed by atoms with E-state index in [-0.39, 0.29) is 24.2 Å². The van der Waals surface area contributed by atoms with Crippen molar-refractivity contribution in [3.05, 3.63) is 66.0 Å². The number of halogens is 1. The summed E-state index contributed by atoms with van der Waals surface area (Å²) in [4.78, 5) is 17.2. The fourth-order valence-corrected chi connectivity index (χ4v) is 3.68. The maximum absolute atomic E-state index is 13.1. The summed E-state index contributed by atoms with van der Waals surface area (Å²) in [6.45, 7) is 0. The van der Waals surface area contributed by atoms with Crippen molar-refractivity contribution >= 4 is 18.2 Å². The highest BCUT2D eigenvalue weighted by Crippen LogP contribution is 2.28. The molecule has 2 atom stereocenters. The zero-order valence-electron chi connectivity index (χ0n) is 14.1. The normalized spacial score (nSPS) is 21.4. The zero-order chi connectivity index (χ0) is 15.9. The molecule has 128 valence electrons. The lowest BCUT2D eigenvalue weighted by Gasteiger charge is -2.25. The average Bonchev–Trinajstić information content (AvgIpc) is 2.59. The van der Waals surface area contributed by atoms with Gasteiger partial charge in [-0.25, -0.2) is 0 Å². The molecule has 1 fully saturated rings. The van der Waals surface area contributed by atoms with Gasteiger partial charge in [0.2, 0.25) is 0 Å². The molecule has 3 heteroatoms. The third-order valence-electron chi connectivity index (χ3n) is 4.97. The topological polar surface area (TPSA) is 30.0 Å². The molecule has 1 saturated carbocycles. The van der Waals surface area contributed by atoms with E-state index in [9.17, 15) is 4.79 Å². The van der Waals surface area contributed by atoms with Crippen LogP contribution in [0.2, 0.25) is 0 Å². The van der Waals surface area contributed by atoms with Crippen LogP contribution in [-0.2, 0) is 17.6 Å². The number of nitrogens with zero attached hydrogens (tertiary/aromatic N) is 1. The summed E-state index contributed by atoms with van der Waals surface area (Å²) in [6.07, 6.45) is 11.1. The SMILES string of the molecule is Cl.O=C1C(Cc2ccccc2)CCCCCC1Cc1ccncc1. The number of carbonyl (C=O) groups is 1. The van der Waals surface area contributed by atoms with E-state index in [2.05, 4.69) is 29.2 Å². The monoisotopic (exact) mass is 343 g/mol. The Morgan fingerprint density at radius 3 is 1.92 bits per heavy atom. The molecule has 0 N–H and O–H groups in total. The van der Waals surface area contributed by atoms with Crippen molar-refractivity contribution < 1.29 is 4.79 Å². The van der Waals surface area contributed by atoms with Crippen molar-refractivity contribution in [2.75, 3.05) is 0 Å². The number of pyridine rings is 1. The first-order valence-electron chi connectivity index (χ1n) is 8.79. The van der Waals surface area contributed by atoms with E-state index in [0.29, 0.717) is 5.78 Å². The van der Waals surface area contributed by atoms with Crippen molar-refractivity contribution in [2.45, 2.75) is 44.9 Å². The van der Waals surface area contributed by atoms with Gasteiger partial charge in [-0.3, -0.25) is 9.78 Å². The van der Waals surface area contributed by atoms with Crippen LogP contribution in [0, 0.1) is 11.8 Å². The summed E-state index contributed by atoms with van der Waals surface area (Å²) in [5.41, 5.74) is 2.52. The van der Waals surface area contributed by atoms with E-state index in [1.807, 2.05) is 30.6 Å². The van der Waals surface area contributed by atoms with Crippen molar-refractivity contribution in [1.82, 2.24) is 4.98 Å². The third kappa shape index (κ3) is 5.17. The van der Waals surface area contributed by atoms with E-state index < -0.39 is 0 Å².